The number of hydrogen-bond donors (Lipinski definition) is 3. The highest BCUT2D eigenvalue weighted by molar-refractivity contribution is 6.41. The van der Waals surface area contributed by atoms with E-state index in [-0.39, 0.29) is 30.4 Å². The maximum absolute atomic E-state index is 13.3. The zero-order valence-electron chi connectivity index (χ0n) is 21.2. The van der Waals surface area contributed by atoms with Crippen molar-refractivity contribution in [3.63, 3.8) is 0 Å². The molecule has 9 nitrogen and oxygen atoms in total. The van der Waals surface area contributed by atoms with Gasteiger partial charge in [-0.15, -0.1) is 0 Å². The van der Waals surface area contributed by atoms with Crippen LogP contribution in [0.3, 0.4) is 0 Å². The third-order valence-electron chi connectivity index (χ3n) is 7.00. The summed E-state index contributed by atoms with van der Waals surface area (Å²) in [5.74, 6) is -0.334. The minimum atomic E-state index is -1.59. The van der Waals surface area contributed by atoms with Gasteiger partial charge in [0.05, 0.1) is 12.1 Å². The van der Waals surface area contributed by atoms with Crippen LogP contribution in [-0.4, -0.2) is 76.8 Å². The van der Waals surface area contributed by atoms with Crippen LogP contribution in [0.2, 0.25) is 6.32 Å². The lowest BCUT2D eigenvalue weighted by atomic mass is 9.79. The summed E-state index contributed by atoms with van der Waals surface area (Å²) in [5, 5.41) is 31.3. The van der Waals surface area contributed by atoms with E-state index in [9.17, 15) is 24.9 Å². The largest absolute Gasteiger partial charge is 0.453 e. The van der Waals surface area contributed by atoms with Crippen LogP contribution in [0, 0.1) is 11.3 Å². The predicted octanol–water partition coefficient (Wildman–Crippen LogP) is 2.63. The fourth-order valence-electron chi connectivity index (χ4n) is 5.02. The zero-order chi connectivity index (χ0) is 26.1. The Morgan fingerprint density at radius 1 is 1.19 bits per heavy atom. The van der Waals surface area contributed by atoms with Crippen LogP contribution in [0.1, 0.15) is 57.6 Å². The molecule has 0 saturated carbocycles. The van der Waals surface area contributed by atoms with Gasteiger partial charge in [-0.05, 0) is 64.3 Å². The molecule has 2 atom stereocenters. The Morgan fingerprint density at radius 3 is 2.53 bits per heavy atom. The number of nitriles is 1. The zero-order valence-corrected chi connectivity index (χ0v) is 21.2. The van der Waals surface area contributed by atoms with E-state index in [1.54, 1.807) is 35.2 Å². The molecule has 1 unspecified atom stereocenters. The van der Waals surface area contributed by atoms with Gasteiger partial charge in [0.25, 0.3) is 5.91 Å². The Balaban J connectivity index is 1.61. The van der Waals surface area contributed by atoms with Gasteiger partial charge < -0.3 is 25.0 Å². The molecular formula is C26H37BN4O5. The van der Waals surface area contributed by atoms with Crippen LogP contribution < -0.4 is 5.32 Å². The molecule has 0 radical (unpaired) electrons. The van der Waals surface area contributed by atoms with E-state index >= 15 is 0 Å². The van der Waals surface area contributed by atoms with Crippen molar-refractivity contribution < 1.29 is 24.4 Å². The van der Waals surface area contributed by atoms with E-state index in [0.717, 1.165) is 37.9 Å². The highest BCUT2D eigenvalue weighted by Gasteiger charge is 2.34. The number of benzene rings is 1. The van der Waals surface area contributed by atoms with E-state index < -0.39 is 24.8 Å². The van der Waals surface area contributed by atoms with E-state index in [4.69, 9.17) is 4.74 Å². The highest BCUT2D eigenvalue weighted by atomic mass is 16.5. The number of nitrogens with zero attached hydrogens (tertiary/aromatic N) is 3. The number of nitrogens with one attached hydrogen (secondary N) is 1. The molecule has 0 aromatic heterocycles. The second-order valence-corrected chi connectivity index (χ2v) is 10.1. The number of ether oxygens (including phenoxy) is 1. The first kappa shape index (κ1) is 27.7. The Bertz CT molecular complexity index is 957. The molecule has 1 aromatic rings. The highest BCUT2D eigenvalue weighted by Crippen LogP contribution is 2.26. The molecule has 0 bridgehead atoms. The molecule has 0 spiro atoms. The number of rotatable bonds is 9. The number of carbonyl (C=O) groups excluding carboxylic acids is 2. The minimum absolute atomic E-state index is 0.00497. The first-order valence-electron chi connectivity index (χ1n) is 12.7. The van der Waals surface area contributed by atoms with Crippen LogP contribution in [0.5, 0.6) is 0 Å². The van der Waals surface area contributed by atoms with Crippen molar-refractivity contribution in [3.8, 4) is 6.07 Å². The number of carbonyl (C=O) groups is 2. The Kier molecular flexibility index (Phi) is 9.93. The van der Waals surface area contributed by atoms with Crippen LogP contribution in [0.25, 0.3) is 0 Å². The van der Waals surface area contributed by atoms with Crippen molar-refractivity contribution >= 4 is 19.1 Å². The van der Waals surface area contributed by atoms with Crippen molar-refractivity contribution in [2.45, 2.75) is 69.9 Å². The summed E-state index contributed by atoms with van der Waals surface area (Å²) in [5.41, 5.74) is 0.430. The number of likely N-dealkylation sites (tertiary alicyclic amines) is 2. The topological polar surface area (TPSA) is 126 Å². The lowest BCUT2D eigenvalue weighted by Gasteiger charge is -2.39. The van der Waals surface area contributed by atoms with E-state index in [1.165, 1.54) is 6.42 Å². The van der Waals surface area contributed by atoms with Gasteiger partial charge in [-0.2, -0.15) is 5.26 Å². The van der Waals surface area contributed by atoms with Crippen LogP contribution in [-0.2, 0) is 9.53 Å². The molecule has 2 amide bonds. The molecule has 10 heteroatoms. The molecular weight excluding hydrogens is 459 g/mol. The average Bonchev–Trinajstić information content (AvgIpc) is 3.35. The fraction of sp³-hybridized carbons (Fsp3) is 0.577. The van der Waals surface area contributed by atoms with E-state index in [2.05, 4.69) is 16.3 Å². The Hall–Kier alpha value is -2.87. The summed E-state index contributed by atoms with van der Waals surface area (Å²) in [6.07, 6.45) is 5.85. The molecule has 3 N–H and O–H groups in total. The molecule has 2 saturated heterocycles. The van der Waals surface area contributed by atoms with Crippen molar-refractivity contribution in [1.29, 1.82) is 5.26 Å². The molecule has 3 rings (SSSR count). The lowest BCUT2D eigenvalue weighted by molar-refractivity contribution is -0.128. The molecule has 36 heavy (non-hydrogen) atoms. The van der Waals surface area contributed by atoms with Crippen molar-refractivity contribution in [3.05, 3.63) is 47.5 Å². The molecule has 2 aliphatic heterocycles. The normalized spacial score (nSPS) is 19.9. The third kappa shape index (κ3) is 7.57. The van der Waals surface area contributed by atoms with Crippen LogP contribution >= 0.6 is 0 Å². The monoisotopic (exact) mass is 496 g/mol. The maximum atomic E-state index is 13.3. The quantitative estimate of drug-likeness (QED) is 0.273. The third-order valence-corrected chi connectivity index (χ3v) is 7.00. The molecule has 194 valence electrons. The SMILES string of the molecule is CC(C)(C=C(C#N)C(=O)N1CCC[C@@H]1COC(=O)NC(CB(O)O)c1ccccc1)N1CCCCC1. The second-order valence-electron chi connectivity index (χ2n) is 10.1. The molecule has 2 aliphatic rings. The summed E-state index contributed by atoms with van der Waals surface area (Å²) in [6, 6.07) is 10.1. The van der Waals surface area contributed by atoms with E-state index in [1.807, 2.05) is 19.9 Å². The van der Waals surface area contributed by atoms with E-state index in [0.29, 0.717) is 13.0 Å². The minimum Gasteiger partial charge on any atom is -0.447 e. The van der Waals surface area contributed by atoms with Gasteiger partial charge in [0.1, 0.15) is 18.2 Å². The van der Waals surface area contributed by atoms with Crippen molar-refractivity contribution in [2.24, 2.45) is 0 Å². The van der Waals surface area contributed by atoms with Crippen LogP contribution in [0.4, 0.5) is 4.79 Å². The number of hydrogen-bond acceptors (Lipinski definition) is 7. The smallest absolute Gasteiger partial charge is 0.447 e. The van der Waals surface area contributed by atoms with Gasteiger partial charge in [0, 0.05) is 18.4 Å². The predicted molar refractivity (Wildman–Crippen MR) is 137 cm³/mol. The summed E-state index contributed by atoms with van der Waals surface area (Å²) in [6.45, 7) is 6.45. The summed E-state index contributed by atoms with van der Waals surface area (Å²) in [7, 11) is -1.59. The van der Waals surface area contributed by atoms with Gasteiger partial charge in [-0.3, -0.25) is 9.69 Å². The summed E-state index contributed by atoms with van der Waals surface area (Å²) < 4.78 is 5.43. The van der Waals surface area contributed by atoms with Crippen LogP contribution in [0.15, 0.2) is 42.0 Å². The van der Waals surface area contributed by atoms with Gasteiger partial charge in [0.2, 0.25) is 0 Å². The lowest BCUT2D eigenvalue weighted by Crippen LogP contribution is -2.46. The van der Waals surface area contributed by atoms with Gasteiger partial charge in [0.15, 0.2) is 0 Å². The molecule has 1 aromatic carbocycles. The first-order chi connectivity index (χ1) is 17.2. The molecule has 2 heterocycles. The molecule has 2 fully saturated rings. The van der Waals surface area contributed by atoms with Gasteiger partial charge in [-0.25, -0.2) is 4.79 Å². The van der Waals surface area contributed by atoms with Gasteiger partial charge in [-0.1, -0.05) is 36.8 Å². The first-order valence-corrected chi connectivity index (χ1v) is 12.7. The maximum Gasteiger partial charge on any atom is 0.453 e. The fourth-order valence-corrected chi connectivity index (χ4v) is 5.02. The number of piperidine rings is 1. The summed E-state index contributed by atoms with van der Waals surface area (Å²) in [4.78, 5) is 29.7. The van der Waals surface area contributed by atoms with Crippen molar-refractivity contribution in [2.75, 3.05) is 26.2 Å². The number of amides is 2. The molecule has 0 aliphatic carbocycles. The Morgan fingerprint density at radius 2 is 1.89 bits per heavy atom. The number of alkyl carbamates (subject to hydrolysis) is 1. The summed E-state index contributed by atoms with van der Waals surface area (Å²) >= 11 is 0. The standard InChI is InChI=1S/C26H37BN4O5/c1-26(2,30-13-7-4-8-14-30)16-21(18-28)24(32)31-15-9-12-22(31)19-36-25(33)29-23(17-27(34)35)20-10-5-3-6-11-20/h3,5-6,10-11,16,22-23,34-35H,4,7-9,12-15,17,19H2,1-2H3,(H,29,33)/t22-,23?/m1/s1. The van der Waals surface area contributed by atoms with Gasteiger partial charge >= 0.3 is 13.2 Å². The average molecular weight is 496 g/mol. The van der Waals surface area contributed by atoms with Crippen molar-refractivity contribution in [1.82, 2.24) is 15.1 Å². The Labute approximate surface area is 213 Å². The second kappa shape index (κ2) is 12.9.